The maximum atomic E-state index is 11.9. The van der Waals surface area contributed by atoms with E-state index < -0.39 is 0 Å². The summed E-state index contributed by atoms with van der Waals surface area (Å²) in [4.78, 5) is 15.7. The van der Waals surface area contributed by atoms with Crippen molar-refractivity contribution >= 4 is 11.6 Å². The molecule has 1 aliphatic heterocycles. The Morgan fingerprint density at radius 2 is 2.18 bits per heavy atom. The van der Waals surface area contributed by atoms with Gasteiger partial charge in [-0.2, -0.15) is 4.98 Å². The van der Waals surface area contributed by atoms with E-state index in [1.807, 2.05) is 12.1 Å². The summed E-state index contributed by atoms with van der Waals surface area (Å²) in [6.45, 7) is 0.643. The summed E-state index contributed by atoms with van der Waals surface area (Å²) in [5.74, 6) is 7.36. The molecule has 22 heavy (non-hydrogen) atoms. The van der Waals surface area contributed by atoms with Crippen LogP contribution in [0.5, 0.6) is 0 Å². The molecule has 0 spiro atoms. The molecular weight excluding hydrogens is 296 g/mol. The van der Waals surface area contributed by atoms with Crippen LogP contribution in [-0.4, -0.2) is 9.55 Å². The highest BCUT2D eigenvalue weighted by atomic mass is 35.5. The van der Waals surface area contributed by atoms with Gasteiger partial charge in [0.2, 0.25) is 0 Å². The van der Waals surface area contributed by atoms with E-state index in [1.165, 1.54) is 18.4 Å². The number of hydrogen-bond donors (Lipinski definition) is 0. The van der Waals surface area contributed by atoms with E-state index in [9.17, 15) is 4.79 Å². The number of halogens is 1. The fraction of sp³-hybridized carbons (Fsp3) is 0.333. The van der Waals surface area contributed by atoms with E-state index in [2.05, 4.69) is 22.9 Å². The van der Waals surface area contributed by atoms with Crippen LogP contribution in [0.1, 0.15) is 30.4 Å². The second kappa shape index (κ2) is 5.30. The van der Waals surface area contributed by atoms with Gasteiger partial charge in [-0.3, -0.25) is 4.57 Å². The predicted molar refractivity (Wildman–Crippen MR) is 86.9 cm³/mol. The van der Waals surface area contributed by atoms with Gasteiger partial charge in [-0.25, -0.2) is 4.79 Å². The minimum absolute atomic E-state index is 0.248. The van der Waals surface area contributed by atoms with Crippen LogP contribution in [0, 0.1) is 17.8 Å². The third kappa shape index (κ3) is 2.55. The number of aromatic nitrogens is 2. The number of fused-ring (bicyclic) bond motifs is 3. The van der Waals surface area contributed by atoms with Crippen molar-refractivity contribution in [1.29, 1.82) is 0 Å². The summed E-state index contributed by atoms with van der Waals surface area (Å²) in [6, 6.07) is 7.96. The lowest BCUT2D eigenvalue weighted by molar-refractivity contribution is 0.640. The van der Waals surface area contributed by atoms with Crippen molar-refractivity contribution in [3.05, 3.63) is 51.0 Å². The monoisotopic (exact) mass is 310 g/mol. The van der Waals surface area contributed by atoms with Crippen molar-refractivity contribution in [2.75, 3.05) is 0 Å². The van der Waals surface area contributed by atoms with Gasteiger partial charge in [0, 0.05) is 30.2 Å². The van der Waals surface area contributed by atoms with Gasteiger partial charge >= 0.3 is 5.69 Å². The number of hydrogen-bond acceptors (Lipinski definition) is 2. The van der Waals surface area contributed by atoms with Gasteiger partial charge in [-0.1, -0.05) is 29.5 Å². The van der Waals surface area contributed by atoms with Crippen LogP contribution in [0.3, 0.4) is 0 Å². The van der Waals surface area contributed by atoms with E-state index in [4.69, 9.17) is 11.6 Å². The average molecular weight is 311 g/mol. The van der Waals surface area contributed by atoms with Crippen molar-refractivity contribution in [2.45, 2.75) is 32.2 Å². The lowest BCUT2D eigenvalue weighted by Crippen LogP contribution is -2.28. The Hall–Kier alpha value is -2.05. The maximum Gasteiger partial charge on any atom is 0.349 e. The number of nitrogens with zero attached hydrogens (tertiary/aromatic N) is 2. The Morgan fingerprint density at radius 1 is 1.32 bits per heavy atom. The Morgan fingerprint density at radius 3 is 3.00 bits per heavy atom. The Balaban J connectivity index is 1.72. The molecule has 2 aliphatic rings. The highest BCUT2D eigenvalue weighted by Gasteiger charge is 2.20. The third-order valence-electron chi connectivity index (χ3n) is 4.29. The Bertz CT molecular complexity index is 869. The molecule has 0 N–H and O–H groups in total. The SMILES string of the molecule is O=c1nc(Cl)cc2n1CCc1cc(C#CCC3CC3)ccc1-2. The van der Waals surface area contributed by atoms with Gasteiger partial charge in [0.25, 0.3) is 0 Å². The van der Waals surface area contributed by atoms with Gasteiger partial charge in [0.1, 0.15) is 5.15 Å². The van der Waals surface area contributed by atoms with Crippen LogP contribution in [0.25, 0.3) is 11.3 Å². The van der Waals surface area contributed by atoms with Crippen molar-refractivity contribution in [3.63, 3.8) is 0 Å². The molecule has 0 unspecified atom stereocenters. The second-order valence-electron chi connectivity index (χ2n) is 5.97. The predicted octanol–water partition coefficient (Wildman–Crippen LogP) is 3.27. The first-order valence-corrected chi connectivity index (χ1v) is 7.98. The maximum absolute atomic E-state index is 11.9. The fourth-order valence-electron chi connectivity index (χ4n) is 2.90. The van der Waals surface area contributed by atoms with Crippen LogP contribution >= 0.6 is 11.6 Å². The van der Waals surface area contributed by atoms with E-state index in [0.717, 1.165) is 35.6 Å². The standard InChI is InChI=1S/C18H15ClN2O/c19-17-11-16-15-7-6-13(3-1-2-12-4-5-12)10-14(15)8-9-21(16)18(22)20-17/h6-7,10-12H,2,4-5,8-9H2. The van der Waals surface area contributed by atoms with Crippen LogP contribution in [-0.2, 0) is 13.0 Å². The van der Waals surface area contributed by atoms with Crippen molar-refractivity contribution < 1.29 is 0 Å². The van der Waals surface area contributed by atoms with Crippen LogP contribution in [0.15, 0.2) is 29.1 Å². The number of aryl methyl sites for hydroxylation is 1. The number of benzene rings is 1. The van der Waals surface area contributed by atoms with E-state index in [1.54, 1.807) is 10.6 Å². The molecular formula is C18H15ClN2O. The molecule has 1 saturated carbocycles. The topological polar surface area (TPSA) is 34.9 Å². The Kier molecular flexibility index (Phi) is 3.28. The fourth-order valence-corrected chi connectivity index (χ4v) is 3.07. The lowest BCUT2D eigenvalue weighted by atomic mass is 9.96. The summed E-state index contributed by atoms with van der Waals surface area (Å²) in [7, 11) is 0. The molecule has 1 fully saturated rings. The summed E-state index contributed by atoms with van der Waals surface area (Å²) < 4.78 is 1.69. The van der Waals surface area contributed by atoms with Crippen molar-refractivity contribution in [1.82, 2.24) is 9.55 Å². The highest BCUT2D eigenvalue weighted by molar-refractivity contribution is 6.29. The van der Waals surface area contributed by atoms with Crippen molar-refractivity contribution in [2.24, 2.45) is 5.92 Å². The highest BCUT2D eigenvalue weighted by Crippen LogP contribution is 2.32. The smallest absolute Gasteiger partial charge is 0.291 e. The quantitative estimate of drug-likeness (QED) is 0.598. The van der Waals surface area contributed by atoms with Crippen molar-refractivity contribution in [3.8, 4) is 23.1 Å². The summed E-state index contributed by atoms with van der Waals surface area (Å²) in [6.07, 6.45) is 4.50. The summed E-state index contributed by atoms with van der Waals surface area (Å²) in [5.41, 5.74) is 3.90. The van der Waals surface area contributed by atoms with Gasteiger partial charge in [-0.15, -0.1) is 0 Å². The van der Waals surface area contributed by atoms with Gasteiger partial charge in [0.05, 0.1) is 5.69 Å². The van der Waals surface area contributed by atoms with Gasteiger partial charge in [-0.05, 0) is 42.9 Å². The molecule has 0 bridgehead atoms. The van der Waals surface area contributed by atoms with E-state index >= 15 is 0 Å². The van der Waals surface area contributed by atoms with Gasteiger partial charge < -0.3 is 0 Å². The summed E-state index contributed by atoms with van der Waals surface area (Å²) in [5, 5.41) is 0.248. The third-order valence-corrected chi connectivity index (χ3v) is 4.48. The van der Waals surface area contributed by atoms with Crippen LogP contribution in [0.4, 0.5) is 0 Å². The normalized spacial score (nSPS) is 15.5. The zero-order valence-electron chi connectivity index (χ0n) is 12.1. The van der Waals surface area contributed by atoms with E-state index in [-0.39, 0.29) is 10.8 Å². The summed E-state index contributed by atoms with van der Waals surface area (Å²) >= 11 is 5.94. The van der Waals surface area contributed by atoms with Gasteiger partial charge in [0.15, 0.2) is 0 Å². The molecule has 3 nitrogen and oxygen atoms in total. The zero-order chi connectivity index (χ0) is 15.1. The lowest BCUT2D eigenvalue weighted by Gasteiger charge is -2.21. The Labute approximate surface area is 134 Å². The molecule has 0 radical (unpaired) electrons. The molecule has 0 amide bonds. The molecule has 0 atom stereocenters. The first-order chi connectivity index (χ1) is 10.7. The molecule has 4 heteroatoms. The minimum Gasteiger partial charge on any atom is -0.291 e. The number of rotatable bonds is 1. The molecule has 2 aromatic rings. The molecule has 4 rings (SSSR count). The van der Waals surface area contributed by atoms with E-state index in [0.29, 0.717) is 6.54 Å². The van der Waals surface area contributed by atoms with Crippen LogP contribution < -0.4 is 5.69 Å². The second-order valence-corrected chi connectivity index (χ2v) is 6.36. The average Bonchev–Trinajstić information content (AvgIpc) is 3.31. The first kappa shape index (κ1) is 13.6. The largest absolute Gasteiger partial charge is 0.349 e. The molecule has 1 aliphatic carbocycles. The minimum atomic E-state index is -0.276. The zero-order valence-corrected chi connectivity index (χ0v) is 12.9. The van der Waals surface area contributed by atoms with Crippen LogP contribution in [0.2, 0.25) is 5.15 Å². The molecule has 0 saturated heterocycles. The molecule has 2 heterocycles. The molecule has 110 valence electrons. The first-order valence-electron chi connectivity index (χ1n) is 7.60. The molecule has 1 aromatic carbocycles. The molecule has 1 aromatic heterocycles.